The highest BCUT2D eigenvalue weighted by molar-refractivity contribution is 5.99. The summed E-state index contributed by atoms with van der Waals surface area (Å²) in [5, 5.41) is 5.75. The molecule has 3 atom stereocenters. The summed E-state index contributed by atoms with van der Waals surface area (Å²) in [5.41, 5.74) is 0.854. The van der Waals surface area contributed by atoms with E-state index in [1.54, 1.807) is 81.3 Å². The zero-order valence-electron chi connectivity index (χ0n) is 25.5. The number of carbonyl (C=O) groups excluding carboxylic acids is 3. The highest BCUT2D eigenvalue weighted by atomic mass is 16.6. The SMILES string of the molecule is C#Cc1ccccc1C(C(=O)Nc1ccc(OC)cc1)N(CCCCC)C(=O)C(NC(=O)OC(C)(C)C)C(C)CC. The fraction of sp³-hybridized carbons (Fsp3) is 0.485. The summed E-state index contributed by atoms with van der Waals surface area (Å²) >= 11 is 0. The molecule has 0 aliphatic carbocycles. The summed E-state index contributed by atoms with van der Waals surface area (Å²) in [5.74, 6) is 2.31. The normalized spacial score (nSPS) is 13.2. The van der Waals surface area contributed by atoms with Gasteiger partial charge in [0.25, 0.3) is 5.91 Å². The van der Waals surface area contributed by atoms with Crippen LogP contribution >= 0.6 is 0 Å². The van der Waals surface area contributed by atoms with E-state index in [0.29, 0.717) is 42.0 Å². The Hall–Kier alpha value is -3.99. The van der Waals surface area contributed by atoms with Gasteiger partial charge < -0.3 is 25.0 Å². The van der Waals surface area contributed by atoms with Gasteiger partial charge in [0.15, 0.2) is 0 Å². The molecule has 0 fully saturated rings. The minimum atomic E-state index is -1.04. The summed E-state index contributed by atoms with van der Waals surface area (Å²) in [7, 11) is 1.57. The van der Waals surface area contributed by atoms with E-state index < -0.39 is 29.7 Å². The maximum Gasteiger partial charge on any atom is 0.408 e. The largest absolute Gasteiger partial charge is 0.497 e. The molecule has 3 amide bonds. The Balaban J connectivity index is 2.61. The number of ether oxygens (including phenoxy) is 2. The van der Waals surface area contributed by atoms with Crippen molar-refractivity contribution < 1.29 is 23.9 Å². The average molecular weight is 564 g/mol. The average Bonchev–Trinajstić information content (AvgIpc) is 2.94. The quantitative estimate of drug-likeness (QED) is 0.220. The van der Waals surface area contributed by atoms with Gasteiger partial charge in [-0.25, -0.2) is 4.79 Å². The molecule has 222 valence electrons. The molecule has 0 aliphatic heterocycles. The van der Waals surface area contributed by atoms with Crippen molar-refractivity contribution in [3.63, 3.8) is 0 Å². The molecule has 3 unspecified atom stereocenters. The lowest BCUT2D eigenvalue weighted by Gasteiger charge is -2.36. The minimum absolute atomic E-state index is 0.225. The first-order valence-corrected chi connectivity index (χ1v) is 14.3. The first kappa shape index (κ1) is 33.2. The van der Waals surface area contributed by atoms with Crippen molar-refractivity contribution in [2.45, 2.75) is 84.9 Å². The molecule has 0 bridgehead atoms. The van der Waals surface area contributed by atoms with Crippen LogP contribution in [0.3, 0.4) is 0 Å². The van der Waals surface area contributed by atoms with E-state index in [4.69, 9.17) is 15.9 Å². The van der Waals surface area contributed by atoms with Gasteiger partial charge in [0.1, 0.15) is 23.4 Å². The van der Waals surface area contributed by atoms with Gasteiger partial charge in [-0.15, -0.1) is 6.42 Å². The van der Waals surface area contributed by atoms with Crippen LogP contribution in [0.25, 0.3) is 0 Å². The molecule has 0 saturated heterocycles. The Morgan fingerprint density at radius 1 is 1.02 bits per heavy atom. The number of alkyl carbamates (subject to hydrolysis) is 1. The highest BCUT2D eigenvalue weighted by Crippen LogP contribution is 2.29. The third-order valence-electron chi connectivity index (χ3n) is 6.77. The Morgan fingerprint density at radius 3 is 2.24 bits per heavy atom. The molecule has 0 heterocycles. The number of nitrogens with one attached hydrogen (secondary N) is 2. The van der Waals surface area contributed by atoms with Gasteiger partial charge in [-0.1, -0.05) is 64.2 Å². The highest BCUT2D eigenvalue weighted by Gasteiger charge is 2.38. The van der Waals surface area contributed by atoms with E-state index in [2.05, 4.69) is 23.5 Å². The fourth-order valence-electron chi connectivity index (χ4n) is 4.40. The Morgan fingerprint density at radius 2 is 1.68 bits per heavy atom. The maximum absolute atomic E-state index is 14.4. The van der Waals surface area contributed by atoms with E-state index in [0.717, 1.165) is 12.8 Å². The van der Waals surface area contributed by atoms with Crippen LogP contribution in [-0.2, 0) is 14.3 Å². The molecule has 0 aliphatic rings. The minimum Gasteiger partial charge on any atom is -0.497 e. The molecule has 8 heteroatoms. The molecule has 0 radical (unpaired) electrons. The molecule has 2 rings (SSSR count). The van der Waals surface area contributed by atoms with Crippen molar-refractivity contribution in [3.05, 3.63) is 59.7 Å². The molecule has 2 N–H and O–H groups in total. The molecule has 41 heavy (non-hydrogen) atoms. The topological polar surface area (TPSA) is 97.0 Å². The van der Waals surface area contributed by atoms with Crippen molar-refractivity contribution in [2.24, 2.45) is 5.92 Å². The third kappa shape index (κ3) is 9.86. The summed E-state index contributed by atoms with van der Waals surface area (Å²) in [4.78, 5) is 42.8. The molecule has 2 aromatic carbocycles. The summed E-state index contributed by atoms with van der Waals surface area (Å²) in [6.45, 7) is 11.5. The summed E-state index contributed by atoms with van der Waals surface area (Å²) in [6.07, 6.45) is 8.25. The Bertz CT molecular complexity index is 1200. The Kier molecular flexibility index (Phi) is 12.7. The predicted octanol–water partition coefficient (Wildman–Crippen LogP) is 6.31. The molecule has 0 spiro atoms. The molecule has 8 nitrogen and oxygen atoms in total. The lowest BCUT2D eigenvalue weighted by atomic mass is 9.94. The van der Waals surface area contributed by atoms with Crippen LogP contribution < -0.4 is 15.4 Å². The first-order valence-electron chi connectivity index (χ1n) is 14.3. The number of amides is 3. The van der Waals surface area contributed by atoms with Crippen LogP contribution in [0.2, 0.25) is 0 Å². The second-order valence-electron chi connectivity index (χ2n) is 11.1. The van der Waals surface area contributed by atoms with Crippen molar-refractivity contribution in [2.75, 3.05) is 19.0 Å². The van der Waals surface area contributed by atoms with Crippen LogP contribution in [0.1, 0.15) is 84.4 Å². The number of terminal acetylenes is 1. The standard InChI is InChI=1S/C33H45N3O5/c1-9-12-15-22-36(31(38)28(23(4)10-2)35-32(39)41-33(5,6)7)29(27-17-14-13-16-24(27)11-3)30(37)34-25-18-20-26(40-8)21-19-25/h3,13-14,16-21,23,28-29H,9-10,12,15,22H2,1-2,4-8H3,(H,34,37)(H,35,39). The van der Waals surface area contributed by atoms with Gasteiger partial charge in [0.2, 0.25) is 5.91 Å². The number of unbranched alkanes of at least 4 members (excludes halogenated alkanes) is 2. The number of hydrogen-bond acceptors (Lipinski definition) is 5. The molecule has 2 aromatic rings. The van der Waals surface area contributed by atoms with E-state index in [1.807, 2.05) is 13.8 Å². The Labute approximate surface area is 245 Å². The zero-order chi connectivity index (χ0) is 30.6. The predicted molar refractivity (Wildman–Crippen MR) is 163 cm³/mol. The van der Waals surface area contributed by atoms with Gasteiger partial charge in [-0.3, -0.25) is 9.59 Å². The van der Waals surface area contributed by atoms with E-state index in [1.165, 1.54) is 0 Å². The second-order valence-corrected chi connectivity index (χ2v) is 11.1. The smallest absolute Gasteiger partial charge is 0.408 e. The van der Waals surface area contributed by atoms with Crippen LogP contribution in [-0.4, -0.2) is 48.1 Å². The monoisotopic (exact) mass is 563 g/mol. The van der Waals surface area contributed by atoms with Gasteiger partial charge >= 0.3 is 6.09 Å². The van der Waals surface area contributed by atoms with Crippen LogP contribution in [0.15, 0.2) is 48.5 Å². The van der Waals surface area contributed by atoms with Crippen LogP contribution in [0, 0.1) is 18.3 Å². The second kappa shape index (κ2) is 15.7. The number of anilines is 1. The number of hydrogen-bond donors (Lipinski definition) is 2. The van der Waals surface area contributed by atoms with Crippen molar-refractivity contribution in [3.8, 4) is 18.1 Å². The van der Waals surface area contributed by atoms with E-state index in [9.17, 15) is 14.4 Å². The van der Waals surface area contributed by atoms with Crippen molar-refractivity contribution in [1.82, 2.24) is 10.2 Å². The van der Waals surface area contributed by atoms with Gasteiger partial charge in [-0.2, -0.15) is 0 Å². The number of nitrogens with zero attached hydrogens (tertiary/aromatic N) is 1. The first-order chi connectivity index (χ1) is 19.4. The van der Waals surface area contributed by atoms with Gasteiger partial charge in [0, 0.05) is 17.8 Å². The molecular weight excluding hydrogens is 518 g/mol. The van der Waals surface area contributed by atoms with Crippen LogP contribution in [0.4, 0.5) is 10.5 Å². The van der Waals surface area contributed by atoms with Gasteiger partial charge in [0.05, 0.1) is 7.11 Å². The lowest BCUT2D eigenvalue weighted by molar-refractivity contribution is -0.142. The van der Waals surface area contributed by atoms with Crippen molar-refractivity contribution in [1.29, 1.82) is 0 Å². The number of carbonyl (C=O) groups is 3. The van der Waals surface area contributed by atoms with Crippen molar-refractivity contribution >= 4 is 23.6 Å². The lowest BCUT2D eigenvalue weighted by Crippen LogP contribution is -2.55. The van der Waals surface area contributed by atoms with E-state index in [-0.39, 0.29) is 11.8 Å². The molecular formula is C33H45N3O5. The van der Waals surface area contributed by atoms with Gasteiger partial charge in [-0.05, 0) is 69.0 Å². The van der Waals surface area contributed by atoms with E-state index >= 15 is 0 Å². The van der Waals surface area contributed by atoms with Crippen LogP contribution in [0.5, 0.6) is 5.75 Å². The number of benzene rings is 2. The third-order valence-corrected chi connectivity index (χ3v) is 6.77. The maximum atomic E-state index is 14.4. The number of rotatable bonds is 13. The summed E-state index contributed by atoms with van der Waals surface area (Å²) in [6, 6.07) is 12.1. The molecule has 0 aromatic heterocycles. The summed E-state index contributed by atoms with van der Waals surface area (Å²) < 4.78 is 10.7. The number of methoxy groups -OCH3 is 1. The zero-order valence-corrected chi connectivity index (χ0v) is 25.5. The molecule has 0 saturated carbocycles. The fourth-order valence-corrected chi connectivity index (χ4v) is 4.40.